The smallest absolute Gasteiger partial charge is 0.213 e. The highest BCUT2D eigenvalue weighted by molar-refractivity contribution is 7.90. The minimum absolute atomic E-state index is 0.314. The van der Waals surface area contributed by atoms with Crippen LogP contribution in [0.5, 0.6) is 0 Å². The Labute approximate surface area is 87.3 Å². The lowest BCUT2D eigenvalue weighted by Crippen LogP contribution is -2.32. The summed E-state index contributed by atoms with van der Waals surface area (Å²) in [5.74, 6) is 0.755. The van der Waals surface area contributed by atoms with Gasteiger partial charge in [-0.1, -0.05) is 25.7 Å². The van der Waals surface area contributed by atoms with E-state index < -0.39 is 10.0 Å². The minimum atomic E-state index is -3.04. The zero-order valence-electron chi connectivity index (χ0n) is 9.12. The van der Waals surface area contributed by atoms with E-state index >= 15 is 0 Å². The predicted octanol–water partition coefficient (Wildman–Crippen LogP) is 1.89. The maximum Gasteiger partial charge on any atom is 0.213 e. The fraction of sp³-hybridized carbons (Fsp3) is 1.00. The second kappa shape index (κ2) is 5.12. The number of hydrogen-bond acceptors (Lipinski definition) is 2. The minimum Gasteiger partial charge on any atom is -0.215 e. The van der Waals surface area contributed by atoms with E-state index in [-0.39, 0.29) is 5.25 Å². The highest BCUT2D eigenvalue weighted by Crippen LogP contribution is 2.26. The van der Waals surface area contributed by atoms with Gasteiger partial charge >= 0.3 is 0 Å². The van der Waals surface area contributed by atoms with Gasteiger partial charge in [0.25, 0.3) is 0 Å². The molecule has 0 unspecified atom stereocenters. The van der Waals surface area contributed by atoms with E-state index in [0.717, 1.165) is 12.3 Å². The number of sulfonamides is 1. The van der Waals surface area contributed by atoms with Crippen molar-refractivity contribution < 1.29 is 8.42 Å². The first-order valence-electron chi connectivity index (χ1n) is 5.51. The van der Waals surface area contributed by atoms with Gasteiger partial charge in [0.2, 0.25) is 10.0 Å². The molecule has 0 aromatic rings. The van der Waals surface area contributed by atoms with Crippen molar-refractivity contribution in [3.8, 4) is 0 Å². The summed E-state index contributed by atoms with van der Waals surface area (Å²) in [4.78, 5) is 0. The van der Waals surface area contributed by atoms with Crippen molar-refractivity contribution in [2.45, 2.75) is 51.2 Å². The van der Waals surface area contributed by atoms with Crippen molar-refractivity contribution in [2.24, 2.45) is 5.92 Å². The third kappa shape index (κ3) is 3.58. The molecule has 0 amide bonds. The monoisotopic (exact) mass is 219 g/mol. The molecule has 4 heteroatoms. The molecule has 14 heavy (non-hydrogen) atoms. The molecule has 1 fully saturated rings. The molecule has 1 rings (SSSR count). The van der Waals surface area contributed by atoms with Crippen LogP contribution in [0.1, 0.15) is 46.0 Å². The van der Waals surface area contributed by atoms with Gasteiger partial charge in [-0.25, -0.2) is 13.1 Å². The van der Waals surface area contributed by atoms with Gasteiger partial charge in [-0.05, 0) is 26.2 Å². The second-order valence-electron chi connectivity index (χ2n) is 4.43. The molecule has 0 radical (unpaired) electrons. The van der Waals surface area contributed by atoms with Crippen molar-refractivity contribution in [1.82, 2.24) is 4.72 Å². The first-order chi connectivity index (χ1) is 6.52. The fourth-order valence-electron chi connectivity index (χ4n) is 1.87. The highest BCUT2D eigenvalue weighted by Gasteiger charge is 2.18. The number of hydrogen-bond donors (Lipinski definition) is 1. The van der Waals surface area contributed by atoms with E-state index in [2.05, 4.69) is 4.72 Å². The number of nitrogens with one attached hydrogen (secondary N) is 1. The average Bonchev–Trinajstić information content (AvgIpc) is 2.56. The molecule has 0 spiro atoms. The van der Waals surface area contributed by atoms with Gasteiger partial charge < -0.3 is 0 Å². The molecule has 0 aromatic heterocycles. The molecule has 0 heterocycles. The maximum atomic E-state index is 11.4. The summed E-state index contributed by atoms with van der Waals surface area (Å²) in [6.07, 6.45) is 6.21. The van der Waals surface area contributed by atoms with Crippen molar-refractivity contribution in [2.75, 3.05) is 6.54 Å². The lowest BCUT2D eigenvalue weighted by atomic mass is 10.1. The van der Waals surface area contributed by atoms with E-state index in [9.17, 15) is 8.42 Å². The Hall–Kier alpha value is -0.0900. The Morgan fingerprint density at radius 1 is 1.29 bits per heavy atom. The first-order valence-corrected chi connectivity index (χ1v) is 7.05. The molecule has 0 aromatic carbocycles. The third-order valence-electron chi connectivity index (χ3n) is 2.95. The van der Waals surface area contributed by atoms with E-state index in [4.69, 9.17) is 0 Å². The molecule has 0 atom stereocenters. The lowest BCUT2D eigenvalue weighted by molar-refractivity contribution is 0.494. The molecule has 0 saturated heterocycles. The summed E-state index contributed by atoms with van der Waals surface area (Å²) >= 11 is 0. The normalized spacial score (nSPS) is 19.4. The van der Waals surface area contributed by atoms with E-state index in [1.165, 1.54) is 25.7 Å². The summed E-state index contributed by atoms with van der Waals surface area (Å²) in [5, 5.41) is -0.314. The Morgan fingerprint density at radius 3 is 2.36 bits per heavy atom. The zero-order valence-corrected chi connectivity index (χ0v) is 9.94. The second-order valence-corrected chi connectivity index (χ2v) is 6.75. The molecule has 0 bridgehead atoms. The zero-order chi connectivity index (χ0) is 10.6. The highest BCUT2D eigenvalue weighted by atomic mass is 32.2. The Morgan fingerprint density at radius 2 is 1.86 bits per heavy atom. The van der Waals surface area contributed by atoms with Gasteiger partial charge in [0, 0.05) is 6.54 Å². The Kier molecular flexibility index (Phi) is 4.38. The van der Waals surface area contributed by atoms with Crippen LogP contribution >= 0.6 is 0 Å². The summed E-state index contributed by atoms with van der Waals surface area (Å²) < 4.78 is 25.4. The summed E-state index contributed by atoms with van der Waals surface area (Å²) in [6.45, 7) is 4.03. The Balaban J connectivity index is 2.20. The molecule has 1 saturated carbocycles. The van der Waals surface area contributed by atoms with Crippen molar-refractivity contribution >= 4 is 10.0 Å². The molecule has 1 N–H and O–H groups in total. The topological polar surface area (TPSA) is 46.2 Å². The van der Waals surface area contributed by atoms with Crippen LogP contribution in [0.2, 0.25) is 0 Å². The molecular formula is C10H21NO2S. The maximum absolute atomic E-state index is 11.4. The Bertz CT molecular complexity index is 253. The van der Waals surface area contributed by atoms with Crippen molar-refractivity contribution in [1.29, 1.82) is 0 Å². The van der Waals surface area contributed by atoms with Gasteiger partial charge in [0.05, 0.1) is 5.25 Å². The summed E-state index contributed by atoms with van der Waals surface area (Å²) in [5.41, 5.74) is 0. The summed E-state index contributed by atoms with van der Waals surface area (Å²) in [6, 6.07) is 0. The van der Waals surface area contributed by atoms with Gasteiger partial charge in [0.15, 0.2) is 0 Å². The quantitative estimate of drug-likeness (QED) is 0.767. The van der Waals surface area contributed by atoms with Crippen LogP contribution < -0.4 is 4.72 Å². The molecule has 84 valence electrons. The van der Waals surface area contributed by atoms with Gasteiger partial charge in [-0.3, -0.25) is 0 Å². The lowest BCUT2D eigenvalue weighted by Gasteiger charge is -2.12. The van der Waals surface area contributed by atoms with Gasteiger partial charge in [-0.15, -0.1) is 0 Å². The average molecular weight is 219 g/mol. The van der Waals surface area contributed by atoms with E-state index in [0.29, 0.717) is 6.54 Å². The molecular weight excluding hydrogens is 198 g/mol. The molecule has 1 aliphatic carbocycles. The SMILES string of the molecule is CC(C)S(=O)(=O)NCCC1CCCC1. The van der Waals surface area contributed by atoms with Crippen LogP contribution in [0.25, 0.3) is 0 Å². The molecule has 0 aliphatic heterocycles. The number of rotatable bonds is 5. The predicted molar refractivity (Wildman–Crippen MR) is 58.6 cm³/mol. The fourth-order valence-corrected chi connectivity index (χ4v) is 2.61. The third-order valence-corrected chi connectivity index (χ3v) is 4.80. The van der Waals surface area contributed by atoms with Crippen LogP contribution in [0.4, 0.5) is 0 Å². The van der Waals surface area contributed by atoms with Gasteiger partial charge in [0.1, 0.15) is 0 Å². The largest absolute Gasteiger partial charge is 0.215 e. The molecule has 3 nitrogen and oxygen atoms in total. The van der Waals surface area contributed by atoms with Crippen LogP contribution in [-0.2, 0) is 10.0 Å². The summed E-state index contributed by atoms with van der Waals surface area (Å²) in [7, 11) is -3.04. The van der Waals surface area contributed by atoms with Crippen LogP contribution in [0.3, 0.4) is 0 Å². The van der Waals surface area contributed by atoms with Crippen LogP contribution in [-0.4, -0.2) is 20.2 Å². The molecule has 1 aliphatic rings. The van der Waals surface area contributed by atoms with Gasteiger partial charge in [-0.2, -0.15) is 0 Å². The van der Waals surface area contributed by atoms with Crippen LogP contribution in [0.15, 0.2) is 0 Å². The van der Waals surface area contributed by atoms with Crippen molar-refractivity contribution in [3.05, 3.63) is 0 Å². The first kappa shape index (κ1) is 12.0. The van der Waals surface area contributed by atoms with E-state index in [1.54, 1.807) is 13.8 Å². The standard InChI is InChI=1S/C10H21NO2S/c1-9(2)14(12,13)11-8-7-10-5-3-4-6-10/h9-11H,3-8H2,1-2H3. The van der Waals surface area contributed by atoms with Crippen molar-refractivity contribution in [3.63, 3.8) is 0 Å². The van der Waals surface area contributed by atoms with Crippen LogP contribution in [0, 0.1) is 5.92 Å². The van der Waals surface area contributed by atoms with E-state index in [1.807, 2.05) is 0 Å².